The van der Waals surface area contributed by atoms with E-state index in [-0.39, 0.29) is 22.7 Å². The van der Waals surface area contributed by atoms with Crippen LogP contribution in [0.15, 0.2) is 60.7 Å². The topological polar surface area (TPSA) is 134 Å². The molecule has 10 heteroatoms. The summed E-state index contributed by atoms with van der Waals surface area (Å²) in [5.41, 5.74) is 10.2. The fourth-order valence-corrected chi connectivity index (χ4v) is 4.02. The Morgan fingerprint density at radius 2 is 1.25 bits per heavy atom. The van der Waals surface area contributed by atoms with E-state index >= 15 is 0 Å². The Kier molecular flexibility index (Phi) is 6.57. The molecule has 5 N–H and O–H groups in total. The summed E-state index contributed by atoms with van der Waals surface area (Å²) in [6.45, 7) is 2.96. The Labute approximate surface area is 205 Å². The Hall–Kier alpha value is -4.15. The Morgan fingerprint density at radius 3 is 1.67 bits per heavy atom. The predicted octanol–water partition coefficient (Wildman–Crippen LogP) is 2.76. The van der Waals surface area contributed by atoms with Crippen LogP contribution in [0, 0.1) is 11.6 Å². The number of rotatable bonds is 6. The van der Waals surface area contributed by atoms with Gasteiger partial charge in [-0.3, -0.25) is 4.79 Å². The first-order valence-corrected chi connectivity index (χ1v) is 11.0. The molecule has 4 rings (SSSR count). The third kappa shape index (κ3) is 4.21. The van der Waals surface area contributed by atoms with Crippen LogP contribution in [0.5, 0.6) is 11.5 Å². The number of nitrogens with one attached hydrogen (secondary N) is 1. The summed E-state index contributed by atoms with van der Waals surface area (Å²) in [5.74, 6) is -3.82. The van der Waals surface area contributed by atoms with Crippen molar-refractivity contribution >= 4 is 23.5 Å². The minimum atomic E-state index is -1.59. The van der Waals surface area contributed by atoms with Crippen LogP contribution in [-0.2, 0) is 19.8 Å². The van der Waals surface area contributed by atoms with Gasteiger partial charge in [-0.05, 0) is 55.3 Å². The van der Waals surface area contributed by atoms with Gasteiger partial charge in [0.25, 0.3) is 0 Å². The van der Waals surface area contributed by atoms with Crippen LogP contribution >= 0.6 is 0 Å². The molecule has 0 unspecified atom stereocenters. The number of halogens is 2. The van der Waals surface area contributed by atoms with E-state index in [2.05, 4.69) is 5.32 Å². The van der Waals surface area contributed by atoms with Gasteiger partial charge in [0.05, 0.1) is 5.69 Å². The maximum absolute atomic E-state index is 14.7. The van der Waals surface area contributed by atoms with Gasteiger partial charge in [0, 0.05) is 5.56 Å². The monoisotopic (exact) mass is 495 g/mol. The number of amides is 1. The van der Waals surface area contributed by atoms with Crippen molar-refractivity contribution in [3.8, 4) is 11.5 Å². The fraction of sp³-hybridized carbons (Fsp3) is 0.192. The minimum Gasteiger partial charge on any atom is -0.425 e. The van der Waals surface area contributed by atoms with E-state index < -0.39 is 47.0 Å². The van der Waals surface area contributed by atoms with Crippen LogP contribution in [0.3, 0.4) is 0 Å². The van der Waals surface area contributed by atoms with E-state index in [1.165, 1.54) is 44.2 Å². The van der Waals surface area contributed by atoms with Crippen molar-refractivity contribution in [1.82, 2.24) is 0 Å². The number of hydrogen-bond acceptors (Lipinski definition) is 7. The number of carbonyl (C=O) groups excluding carboxylic acids is 3. The third-order valence-electron chi connectivity index (χ3n) is 5.83. The van der Waals surface area contributed by atoms with Crippen molar-refractivity contribution in [3.05, 3.63) is 89.0 Å². The molecule has 0 saturated carbocycles. The molecule has 0 fully saturated rings. The molecule has 0 radical (unpaired) electrons. The summed E-state index contributed by atoms with van der Waals surface area (Å²) in [6.07, 6.45) is 0. The Morgan fingerprint density at radius 1 is 0.806 bits per heavy atom. The zero-order valence-electron chi connectivity index (χ0n) is 19.4. The highest BCUT2D eigenvalue weighted by Gasteiger charge is 2.51. The lowest BCUT2D eigenvalue weighted by Crippen LogP contribution is -2.37. The largest absolute Gasteiger partial charge is 0.425 e. The molecule has 0 spiro atoms. The maximum Gasteiger partial charge on any atom is 0.328 e. The predicted molar refractivity (Wildman–Crippen MR) is 126 cm³/mol. The number of esters is 2. The number of fused-ring (bicyclic) bond motifs is 1. The van der Waals surface area contributed by atoms with Gasteiger partial charge in [0.1, 0.15) is 29.0 Å². The number of anilines is 1. The van der Waals surface area contributed by atoms with E-state index in [0.29, 0.717) is 11.1 Å². The lowest BCUT2D eigenvalue weighted by Gasteiger charge is -2.29. The molecule has 0 bridgehead atoms. The highest BCUT2D eigenvalue weighted by atomic mass is 19.2. The van der Waals surface area contributed by atoms with E-state index in [1.54, 1.807) is 24.3 Å². The third-order valence-corrected chi connectivity index (χ3v) is 5.83. The molecular weight excluding hydrogens is 472 g/mol. The van der Waals surface area contributed by atoms with Crippen molar-refractivity contribution in [2.45, 2.75) is 31.3 Å². The van der Waals surface area contributed by atoms with Crippen LogP contribution < -0.4 is 26.3 Å². The average molecular weight is 495 g/mol. The molecule has 1 aliphatic heterocycles. The summed E-state index contributed by atoms with van der Waals surface area (Å²) < 4.78 is 39.1. The summed E-state index contributed by atoms with van der Waals surface area (Å²) in [4.78, 5) is 37.2. The average Bonchev–Trinajstić information content (AvgIpc) is 3.15. The molecule has 2 atom stereocenters. The van der Waals surface area contributed by atoms with Gasteiger partial charge in [-0.15, -0.1) is 0 Å². The van der Waals surface area contributed by atoms with Gasteiger partial charge in [-0.25, -0.2) is 18.4 Å². The summed E-state index contributed by atoms with van der Waals surface area (Å²) in [6, 6.07) is 12.7. The number of ether oxygens (including phenoxy) is 2. The lowest BCUT2D eigenvalue weighted by atomic mass is 9.70. The fourth-order valence-electron chi connectivity index (χ4n) is 4.02. The Bertz CT molecular complexity index is 1270. The van der Waals surface area contributed by atoms with E-state index in [9.17, 15) is 23.2 Å². The van der Waals surface area contributed by atoms with Gasteiger partial charge >= 0.3 is 11.9 Å². The normalized spacial score (nSPS) is 15.4. The molecule has 0 saturated heterocycles. The highest BCUT2D eigenvalue weighted by Crippen LogP contribution is 2.49. The van der Waals surface area contributed by atoms with Gasteiger partial charge in [-0.2, -0.15) is 0 Å². The molecule has 1 heterocycles. The molecule has 1 amide bonds. The second kappa shape index (κ2) is 9.48. The minimum absolute atomic E-state index is 0.187. The van der Waals surface area contributed by atoms with Crippen molar-refractivity contribution in [3.63, 3.8) is 0 Å². The first-order chi connectivity index (χ1) is 17.0. The molecular formula is C26H23F2N3O5. The summed E-state index contributed by atoms with van der Waals surface area (Å²) >= 11 is 0. The van der Waals surface area contributed by atoms with Gasteiger partial charge in [0.2, 0.25) is 5.91 Å². The number of benzene rings is 3. The number of nitrogens with two attached hydrogens (primary N) is 2. The molecule has 0 aliphatic carbocycles. The van der Waals surface area contributed by atoms with Crippen molar-refractivity contribution in [2.75, 3.05) is 5.32 Å². The molecule has 186 valence electrons. The maximum atomic E-state index is 14.7. The SMILES string of the molecule is C[C@H](N)C(=O)Oc1ccc(C2(c3ccc(OC(=O)[C@H](C)N)cc3)C(=O)Nc3c2ccc(F)c3F)cc1. The standard InChI is InChI=1S/C26H23F2N3O5/c1-13(29)23(32)35-17-7-3-15(4-8-17)26(16-5-9-18(10-6-16)36-24(33)14(2)30)19-11-12-20(27)21(28)22(19)31-25(26)34/h3-14H,29-30H2,1-2H3,(H,31,34)/t13-,14-/m0/s1. The van der Waals surface area contributed by atoms with Crippen molar-refractivity contribution in [2.24, 2.45) is 11.5 Å². The van der Waals surface area contributed by atoms with Crippen molar-refractivity contribution in [1.29, 1.82) is 0 Å². The quantitative estimate of drug-likeness (QED) is 0.354. The smallest absolute Gasteiger partial charge is 0.328 e. The van der Waals surface area contributed by atoms with Crippen LogP contribution in [0.4, 0.5) is 14.5 Å². The Balaban J connectivity index is 1.84. The first kappa shape index (κ1) is 25.0. The van der Waals surface area contributed by atoms with Crippen LogP contribution in [0.25, 0.3) is 0 Å². The summed E-state index contributed by atoms with van der Waals surface area (Å²) in [5, 5.41) is 2.46. The molecule has 3 aromatic rings. The highest BCUT2D eigenvalue weighted by molar-refractivity contribution is 6.11. The molecule has 0 aromatic heterocycles. The molecule has 1 aliphatic rings. The van der Waals surface area contributed by atoms with Crippen LogP contribution in [0.1, 0.15) is 30.5 Å². The van der Waals surface area contributed by atoms with E-state index in [0.717, 1.165) is 6.07 Å². The molecule has 36 heavy (non-hydrogen) atoms. The second-order valence-electron chi connectivity index (χ2n) is 8.46. The van der Waals surface area contributed by atoms with E-state index in [4.69, 9.17) is 20.9 Å². The molecule has 8 nitrogen and oxygen atoms in total. The van der Waals surface area contributed by atoms with Gasteiger partial charge < -0.3 is 26.3 Å². The summed E-state index contributed by atoms with van der Waals surface area (Å²) in [7, 11) is 0. The van der Waals surface area contributed by atoms with Crippen LogP contribution in [-0.4, -0.2) is 29.9 Å². The van der Waals surface area contributed by atoms with Gasteiger partial charge in [0.15, 0.2) is 11.6 Å². The zero-order chi connectivity index (χ0) is 26.2. The van der Waals surface area contributed by atoms with E-state index in [1.807, 2.05) is 0 Å². The second-order valence-corrected chi connectivity index (χ2v) is 8.46. The molecule has 3 aromatic carbocycles. The van der Waals surface area contributed by atoms with Crippen molar-refractivity contribution < 1.29 is 32.6 Å². The first-order valence-electron chi connectivity index (χ1n) is 11.0. The number of carbonyl (C=O) groups is 3. The lowest BCUT2D eigenvalue weighted by molar-refractivity contribution is -0.136. The van der Waals surface area contributed by atoms with Crippen LogP contribution in [0.2, 0.25) is 0 Å². The zero-order valence-corrected chi connectivity index (χ0v) is 19.4. The number of hydrogen-bond donors (Lipinski definition) is 3. The van der Waals surface area contributed by atoms with Gasteiger partial charge in [-0.1, -0.05) is 30.3 Å².